The second kappa shape index (κ2) is 7.42. The van der Waals surface area contributed by atoms with Gasteiger partial charge in [0, 0.05) is 25.0 Å². The van der Waals surface area contributed by atoms with Crippen molar-refractivity contribution < 1.29 is 4.39 Å². The average Bonchev–Trinajstić information content (AvgIpc) is 3.10. The Labute approximate surface area is 143 Å². The normalized spacial score (nSPS) is 21.5. The smallest absolute Gasteiger partial charge is 0.191 e. The van der Waals surface area contributed by atoms with E-state index in [1.807, 2.05) is 26.0 Å². The Morgan fingerprint density at radius 1 is 1.38 bits per heavy atom. The molecule has 2 N–H and O–H groups in total. The quantitative estimate of drug-likeness (QED) is 0.458. The fourth-order valence-corrected chi connectivity index (χ4v) is 2.30. The summed E-state index contributed by atoms with van der Waals surface area (Å²) in [5, 5.41) is 6.67. The lowest BCUT2D eigenvalue weighted by molar-refractivity contribution is 0.473. The molecule has 2 unspecified atom stereocenters. The van der Waals surface area contributed by atoms with Crippen LogP contribution in [0, 0.1) is 11.7 Å². The zero-order valence-corrected chi connectivity index (χ0v) is 15.4. The highest BCUT2D eigenvalue weighted by atomic mass is 127. The standard InChI is InChI=1S/C16H24FN3.HI/c1-11-9-14(11)20-15(18-4)19-10-16(2,3)12-7-5-6-8-13(12)17;/h5-8,11,14H,9-10H2,1-4H3,(H2,18,19,20);1H. The molecule has 2 atom stereocenters. The van der Waals surface area contributed by atoms with Crippen molar-refractivity contribution in [2.24, 2.45) is 10.9 Å². The Kier molecular flexibility index (Phi) is 6.43. The van der Waals surface area contributed by atoms with Crippen molar-refractivity contribution >= 4 is 29.9 Å². The molecule has 0 bridgehead atoms. The highest BCUT2D eigenvalue weighted by Crippen LogP contribution is 2.29. The highest BCUT2D eigenvalue weighted by molar-refractivity contribution is 14.0. The van der Waals surface area contributed by atoms with Crippen molar-refractivity contribution in [1.82, 2.24) is 10.6 Å². The van der Waals surface area contributed by atoms with Gasteiger partial charge in [0.1, 0.15) is 5.82 Å². The number of benzene rings is 1. The molecule has 1 aromatic carbocycles. The van der Waals surface area contributed by atoms with Crippen LogP contribution in [0.25, 0.3) is 0 Å². The third-order valence-electron chi connectivity index (χ3n) is 3.96. The van der Waals surface area contributed by atoms with E-state index in [1.54, 1.807) is 13.1 Å². The van der Waals surface area contributed by atoms with Gasteiger partial charge in [-0.1, -0.05) is 39.0 Å². The summed E-state index contributed by atoms with van der Waals surface area (Å²) >= 11 is 0. The molecule has 118 valence electrons. The van der Waals surface area contributed by atoms with Crippen molar-refractivity contribution in [2.75, 3.05) is 13.6 Å². The molecule has 0 amide bonds. The number of hydrogen-bond donors (Lipinski definition) is 2. The molecule has 0 aromatic heterocycles. The van der Waals surface area contributed by atoms with Gasteiger partial charge in [-0.05, 0) is 24.0 Å². The minimum Gasteiger partial charge on any atom is -0.356 e. The number of guanidine groups is 1. The molecule has 5 heteroatoms. The second-order valence-electron chi connectivity index (χ2n) is 6.25. The number of halogens is 2. The van der Waals surface area contributed by atoms with Gasteiger partial charge in [0.15, 0.2) is 5.96 Å². The highest BCUT2D eigenvalue weighted by Gasteiger charge is 2.33. The maximum atomic E-state index is 13.9. The summed E-state index contributed by atoms with van der Waals surface area (Å²) in [6, 6.07) is 7.47. The third-order valence-corrected chi connectivity index (χ3v) is 3.96. The average molecular weight is 405 g/mol. The first-order chi connectivity index (χ1) is 9.44. The van der Waals surface area contributed by atoms with Gasteiger partial charge in [0.2, 0.25) is 0 Å². The van der Waals surface area contributed by atoms with Crippen molar-refractivity contribution in [3.63, 3.8) is 0 Å². The predicted octanol–water partition coefficient (Wildman–Crippen LogP) is 3.29. The van der Waals surface area contributed by atoms with E-state index in [4.69, 9.17) is 0 Å². The van der Waals surface area contributed by atoms with Crippen LogP contribution >= 0.6 is 24.0 Å². The maximum Gasteiger partial charge on any atom is 0.191 e. The van der Waals surface area contributed by atoms with Gasteiger partial charge in [0.25, 0.3) is 0 Å². The van der Waals surface area contributed by atoms with Crippen molar-refractivity contribution in [1.29, 1.82) is 0 Å². The van der Waals surface area contributed by atoms with Crippen molar-refractivity contribution in [3.05, 3.63) is 35.6 Å². The third kappa shape index (κ3) is 4.83. The first-order valence-electron chi connectivity index (χ1n) is 7.16. The molecule has 1 fully saturated rings. The molecule has 0 radical (unpaired) electrons. The largest absolute Gasteiger partial charge is 0.356 e. The zero-order valence-electron chi connectivity index (χ0n) is 13.1. The van der Waals surface area contributed by atoms with Crippen LogP contribution in [0.15, 0.2) is 29.3 Å². The van der Waals surface area contributed by atoms with Crippen LogP contribution in [0.4, 0.5) is 4.39 Å². The number of aliphatic imine (C=N–C) groups is 1. The summed E-state index contributed by atoms with van der Waals surface area (Å²) in [6.45, 7) is 6.92. The number of hydrogen-bond acceptors (Lipinski definition) is 1. The van der Waals surface area contributed by atoms with Crippen LogP contribution in [-0.2, 0) is 5.41 Å². The van der Waals surface area contributed by atoms with Gasteiger partial charge in [-0.25, -0.2) is 4.39 Å². The Morgan fingerprint density at radius 3 is 2.52 bits per heavy atom. The Balaban J connectivity index is 0.00000220. The lowest BCUT2D eigenvalue weighted by Crippen LogP contribution is -2.44. The molecule has 0 saturated heterocycles. The van der Waals surface area contributed by atoms with Crippen LogP contribution in [0.3, 0.4) is 0 Å². The zero-order chi connectivity index (χ0) is 14.8. The lowest BCUT2D eigenvalue weighted by atomic mass is 9.84. The molecule has 1 aliphatic rings. The maximum absolute atomic E-state index is 13.9. The molecule has 1 aliphatic carbocycles. The Hall–Kier alpha value is -0.850. The first-order valence-corrected chi connectivity index (χ1v) is 7.16. The summed E-state index contributed by atoms with van der Waals surface area (Å²) in [5.74, 6) is 1.36. The Bertz CT molecular complexity index is 502. The van der Waals surface area contributed by atoms with Crippen molar-refractivity contribution in [3.8, 4) is 0 Å². The Morgan fingerprint density at radius 2 is 2.00 bits per heavy atom. The van der Waals surface area contributed by atoms with Crippen LogP contribution in [0.5, 0.6) is 0 Å². The molecule has 2 rings (SSSR count). The summed E-state index contributed by atoms with van der Waals surface area (Å²) in [4.78, 5) is 4.22. The molecule has 3 nitrogen and oxygen atoms in total. The van der Waals surface area contributed by atoms with Gasteiger partial charge in [-0.15, -0.1) is 24.0 Å². The summed E-state index contributed by atoms with van der Waals surface area (Å²) < 4.78 is 13.9. The topological polar surface area (TPSA) is 36.4 Å². The minimum atomic E-state index is -0.294. The molecule has 0 spiro atoms. The number of rotatable bonds is 4. The lowest BCUT2D eigenvalue weighted by Gasteiger charge is -2.27. The summed E-state index contributed by atoms with van der Waals surface area (Å²) in [5.41, 5.74) is 0.431. The van der Waals surface area contributed by atoms with E-state index in [0.717, 1.165) is 11.5 Å². The molecule has 21 heavy (non-hydrogen) atoms. The van der Waals surface area contributed by atoms with Crippen LogP contribution in [-0.4, -0.2) is 25.6 Å². The van der Waals surface area contributed by atoms with Crippen LogP contribution < -0.4 is 10.6 Å². The SMILES string of the molecule is CN=C(NCC(C)(C)c1ccccc1F)NC1CC1C.I. The van der Waals surface area contributed by atoms with E-state index in [0.29, 0.717) is 18.5 Å². The number of nitrogens with one attached hydrogen (secondary N) is 2. The van der Waals surface area contributed by atoms with Gasteiger partial charge >= 0.3 is 0 Å². The fraction of sp³-hybridized carbons (Fsp3) is 0.562. The summed E-state index contributed by atoms with van der Waals surface area (Å²) in [7, 11) is 1.76. The van der Waals surface area contributed by atoms with E-state index in [2.05, 4.69) is 22.5 Å². The van der Waals surface area contributed by atoms with E-state index < -0.39 is 0 Å². The van der Waals surface area contributed by atoms with Crippen molar-refractivity contribution in [2.45, 2.75) is 38.6 Å². The monoisotopic (exact) mass is 405 g/mol. The second-order valence-corrected chi connectivity index (χ2v) is 6.25. The minimum absolute atomic E-state index is 0. The van der Waals surface area contributed by atoms with Gasteiger partial charge < -0.3 is 10.6 Å². The molecular formula is C16H25FIN3. The van der Waals surface area contributed by atoms with E-state index in [9.17, 15) is 4.39 Å². The van der Waals surface area contributed by atoms with Gasteiger partial charge in [0.05, 0.1) is 0 Å². The van der Waals surface area contributed by atoms with E-state index in [-0.39, 0.29) is 35.2 Å². The first kappa shape index (κ1) is 18.2. The molecule has 0 aliphatic heterocycles. The molecule has 1 saturated carbocycles. The summed E-state index contributed by atoms with van der Waals surface area (Å²) in [6.07, 6.45) is 1.19. The van der Waals surface area contributed by atoms with E-state index >= 15 is 0 Å². The molecule has 0 heterocycles. The van der Waals surface area contributed by atoms with Crippen LogP contribution in [0.2, 0.25) is 0 Å². The molecular weight excluding hydrogens is 380 g/mol. The van der Waals surface area contributed by atoms with Gasteiger partial charge in [-0.3, -0.25) is 4.99 Å². The van der Waals surface area contributed by atoms with E-state index in [1.165, 1.54) is 12.5 Å². The van der Waals surface area contributed by atoms with Gasteiger partial charge in [-0.2, -0.15) is 0 Å². The van der Waals surface area contributed by atoms with Crippen LogP contribution in [0.1, 0.15) is 32.8 Å². The molecule has 1 aromatic rings. The predicted molar refractivity (Wildman–Crippen MR) is 96.9 cm³/mol. The number of nitrogens with zero attached hydrogens (tertiary/aromatic N) is 1. The fourth-order valence-electron chi connectivity index (χ4n) is 2.30.